The predicted octanol–water partition coefficient (Wildman–Crippen LogP) is 1.95. The van der Waals surface area contributed by atoms with Gasteiger partial charge in [0.25, 0.3) is 5.91 Å². The summed E-state index contributed by atoms with van der Waals surface area (Å²) in [6.07, 6.45) is 2.66. The minimum Gasteiger partial charge on any atom is -0.480 e. The molecule has 1 aromatic rings. The molecular weight excluding hydrogens is 316 g/mol. The van der Waals surface area contributed by atoms with Crippen molar-refractivity contribution < 1.29 is 14.3 Å². The normalized spacial score (nSPS) is 27.7. The van der Waals surface area contributed by atoms with Gasteiger partial charge in [0, 0.05) is 32.7 Å². The van der Waals surface area contributed by atoms with E-state index in [1.165, 1.54) is 6.42 Å². The Morgan fingerprint density at radius 1 is 1.36 bits per heavy atom. The molecule has 0 N–H and O–H groups in total. The van der Waals surface area contributed by atoms with Gasteiger partial charge >= 0.3 is 0 Å². The lowest BCUT2D eigenvalue weighted by Gasteiger charge is -2.58. The van der Waals surface area contributed by atoms with Crippen LogP contribution in [0.4, 0.5) is 0 Å². The molecule has 3 aliphatic heterocycles. The second kappa shape index (κ2) is 6.61. The van der Waals surface area contributed by atoms with Crippen LogP contribution in [0.25, 0.3) is 0 Å². The van der Waals surface area contributed by atoms with Crippen LogP contribution in [0.15, 0.2) is 24.3 Å². The number of amides is 1. The van der Waals surface area contributed by atoms with E-state index in [0.717, 1.165) is 50.6 Å². The average Bonchev–Trinajstić information content (AvgIpc) is 3.03. The van der Waals surface area contributed by atoms with Gasteiger partial charge < -0.3 is 14.4 Å². The van der Waals surface area contributed by atoms with Crippen molar-refractivity contribution in [3.8, 4) is 5.75 Å². The summed E-state index contributed by atoms with van der Waals surface area (Å²) >= 11 is 0. The Morgan fingerprint density at radius 3 is 2.92 bits per heavy atom. The second-order valence-corrected chi connectivity index (χ2v) is 7.78. The van der Waals surface area contributed by atoms with E-state index in [1.807, 2.05) is 36.1 Å². The van der Waals surface area contributed by atoms with Crippen LogP contribution < -0.4 is 4.74 Å². The highest BCUT2D eigenvalue weighted by molar-refractivity contribution is 5.83. The summed E-state index contributed by atoms with van der Waals surface area (Å²) in [7, 11) is 2.20. The third-order valence-corrected chi connectivity index (χ3v) is 6.11. The predicted molar refractivity (Wildman–Crippen MR) is 95.7 cm³/mol. The van der Waals surface area contributed by atoms with Crippen LogP contribution in [0.1, 0.15) is 25.3 Å². The van der Waals surface area contributed by atoms with Gasteiger partial charge in [-0.05, 0) is 50.9 Å². The monoisotopic (exact) mass is 344 g/mol. The number of carbonyl (C=O) groups excluding carboxylic acids is 1. The standard InChI is InChI=1S/C20H28N2O3/c1-3-24-12-15-8-9-21(2)20(11-15)13-22(14-20)19(23)18-10-16-6-4-5-7-17(16)25-18/h4-7,15,18H,3,8-14H2,1-2H3/t15-,18-/m0/s1. The van der Waals surface area contributed by atoms with Crippen LogP contribution in [0.5, 0.6) is 5.75 Å². The highest BCUT2D eigenvalue weighted by Gasteiger charge is 2.52. The summed E-state index contributed by atoms with van der Waals surface area (Å²) in [5.41, 5.74) is 1.28. The maximum absolute atomic E-state index is 12.8. The lowest BCUT2D eigenvalue weighted by molar-refractivity contribution is -0.157. The van der Waals surface area contributed by atoms with Crippen LogP contribution in [-0.4, -0.2) is 67.2 Å². The number of rotatable bonds is 4. The molecule has 4 rings (SSSR count). The quantitative estimate of drug-likeness (QED) is 0.837. The molecule has 25 heavy (non-hydrogen) atoms. The van der Waals surface area contributed by atoms with Gasteiger partial charge in [0.1, 0.15) is 5.75 Å². The van der Waals surface area contributed by atoms with Gasteiger partial charge in [-0.3, -0.25) is 9.69 Å². The number of para-hydroxylation sites is 1. The van der Waals surface area contributed by atoms with E-state index in [9.17, 15) is 4.79 Å². The van der Waals surface area contributed by atoms with Gasteiger partial charge in [-0.25, -0.2) is 0 Å². The summed E-state index contributed by atoms with van der Waals surface area (Å²) in [4.78, 5) is 17.3. The van der Waals surface area contributed by atoms with Gasteiger partial charge in [-0.2, -0.15) is 0 Å². The molecule has 2 saturated heterocycles. The van der Waals surface area contributed by atoms with Gasteiger partial charge in [0.15, 0.2) is 6.10 Å². The van der Waals surface area contributed by atoms with Crippen LogP contribution >= 0.6 is 0 Å². The van der Waals surface area contributed by atoms with Crippen molar-refractivity contribution in [1.29, 1.82) is 0 Å². The summed E-state index contributed by atoms with van der Waals surface area (Å²) in [6.45, 7) is 6.41. The van der Waals surface area contributed by atoms with Gasteiger partial charge in [0.05, 0.1) is 5.54 Å². The Hall–Kier alpha value is -1.59. The van der Waals surface area contributed by atoms with Crippen molar-refractivity contribution >= 4 is 5.91 Å². The van der Waals surface area contributed by atoms with Crippen molar-refractivity contribution in [3.63, 3.8) is 0 Å². The zero-order valence-electron chi connectivity index (χ0n) is 15.2. The van der Waals surface area contributed by atoms with E-state index in [1.54, 1.807) is 0 Å². The van der Waals surface area contributed by atoms with E-state index >= 15 is 0 Å². The molecule has 5 nitrogen and oxygen atoms in total. The van der Waals surface area contributed by atoms with E-state index in [2.05, 4.69) is 11.9 Å². The number of ether oxygens (including phenoxy) is 2. The summed E-state index contributed by atoms with van der Waals surface area (Å²) < 4.78 is 11.5. The number of likely N-dealkylation sites (tertiary alicyclic amines) is 2. The average molecular weight is 344 g/mol. The maximum Gasteiger partial charge on any atom is 0.264 e. The Labute approximate surface area is 149 Å². The molecule has 0 radical (unpaired) electrons. The smallest absolute Gasteiger partial charge is 0.264 e. The molecule has 0 bridgehead atoms. The first-order valence-corrected chi connectivity index (χ1v) is 9.43. The fourth-order valence-corrected chi connectivity index (χ4v) is 4.55. The number of nitrogens with zero attached hydrogens (tertiary/aromatic N) is 2. The molecule has 3 heterocycles. The van der Waals surface area contributed by atoms with E-state index < -0.39 is 0 Å². The Balaban J connectivity index is 1.35. The number of benzene rings is 1. The minimum absolute atomic E-state index is 0.140. The van der Waals surface area contributed by atoms with Crippen molar-refractivity contribution in [3.05, 3.63) is 29.8 Å². The molecule has 1 amide bonds. The second-order valence-electron chi connectivity index (χ2n) is 7.78. The van der Waals surface area contributed by atoms with Crippen LogP contribution in [-0.2, 0) is 16.0 Å². The molecule has 0 saturated carbocycles. The van der Waals surface area contributed by atoms with Gasteiger partial charge in [-0.15, -0.1) is 0 Å². The topological polar surface area (TPSA) is 42.0 Å². The van der Waals surface area contributed by atoms with Crippen LogP contribution in [0.3, 0.4) is 0 Å². The van der Waals surface area contributed by atoms with Crippen LogP contribution in [0, 0.1) is 5.92 Å². The number of hydrogen-bond donors (Lipinski definition) is 0. The van der Waals surface area contributed by atoms with Gasteiger partial charge in [0.2, 0.25) is 0 Å². The van der Waals surface area contributed by atoms with Gasteiger partial charge in [-0.1, -0.05) is 18.2 Å². The highest BCUT2D eigenvalue weighted by Crippen LogP contribution is 2.39. The minimum atomic E-state index is -0.345. The van der Waals surface area contributed by atoms with Crippen molar-refractivity contribution in [2.45, 2.75) is 37.8 Å². The number of likely N-dealkylation sites (N-methyl/N-ethyl adjacent to an activating group) is 1. The summed E-state index contributed by atoms with van der Waals surface area (Å²) in [6, 6.07) is 7.96. The Morgan fingerprint density at radius 2 is 2.16 bits per heavy atom. The van der Waals surface area contributed by atoms with Crippen molar-refractivity contribution in [2.24, 2.45) is 5.92 Å². The maximum atomic E-state index is 12.8. The summed E-state index contributed by atoms with van der Waals surface area (Å²) in [5.74, 6) is 1.62. The molecule has 3 aliphatic rings. The fourth-order valence-electron chi connectivity index (χ4n) is 4.55. The fraction of sp³-hybridized carbons (Fsp3) is 0.650. The molecule has 5 heteroatoms. The molecule has 0 aliphatic carbocycles. The first-order chi connectivity index (χ1) is 12.1. The van der Waals surface area contributed by atoms with Crippen molar-refractivity contribution in [1.82, 2.24) is 9.80 Å². The molecule has 0 unspecified atom stereocenters. The SMILES string of the molecule is CCOC[C@H]1CCN(C)C2(C1)CN(C(=O)[C@@H]1Cc3ccccc3O1)C2. The molecular formula is C20H28N2O3. The first kappa shape index (κ1) is 16.9. The highest BCUT2D eigenvalue weighted by atomic mass is 16.5. The number of fused-ring (bicyclic) bond motifs is 1. The largest absolute Gasteiger partial charge is 0.480 e. The molecule has 2 fully saturated rings. The van der Waals surface area contributed by atoms with Crippen LogP contribution in [0.2, 0.25) is 0 Å². The zero-order chi connectivity index (χ0) is 17.4. The molecule has 136 valence electrons. The van der Waals surface area contributed by atoms with E-state index in [-0.39, 0.29) is 17.6 Å². The lowest BCUT2D eigenvalue weighted by Crippen LogP contribution is -2.73. The zero-order valence-corrected chi connectivity index (χ0v) is 15.2. The number of piperidine rings is 1. The Bertz CT molecular complexity index is 615. The number of carbonyl (C=O) groups is 1. The third kappa shape index (κ3) is 3.04. The molecule has 0 aromatic heterocycles. The Kier molecular flexibility index (Phi) is 4.46. The molecule has 1 aromatic carbocycles. The third-order valence-electron chi connectivity index (χ3n) is 6.11. The molecule has 1 spiro atoms. The number of hydrogen-bond acceptors (Lipinski definition) is 4. The van der Waals surface area contributed by atoms with E-state index in [0.29, 0.717) is 12.3 Å². The summed E-state index contributed by atoms with van der Waals surface area (Å²) in [5, 5.41) is 0. The van der Waals surface area contributed by atoms with E-state index in [4.69, 9.17) is 9.47 Å². The molecule has 2 atom stereocenters. The van der Waals surface area contributed by atoms with Crippen molar-refractivity contribution in [2.75, 3.05) is 39.9 Å². The first-order valence-electron chi connectivity index (χ1n) is 9.43. The lowest BCUT2D eigenvalue weighted by atomic mass is 9.75.